The number of aryl methyl sites for hydroxylation is 1. The van der Waals surface area contributed by atoms with Crippen LogP contribution in [0.1, 0.15) is 21.7 Å². The fourth-order valence-electron chi connectivity index (χ4n) is 3.45. The molecule has 2 aromatic rings. The fraction of sp³-hybridized carbons (Fsp3) is 0.333. The van der Waals surface area contributed by atoms with Crippen molar-refractivity contribution in [1.82, 2.24) is 4.90 Å². The molecule has 2 heterocycles. The number of piperidine rings is 1. The average Bonchev–Trinajstić information content (AvgIpc) is 2.94. The molecule has 1 saturated heterocycles. The third-order valence-electron chi connectivity index (χ3n) is 4.75. The van der Waals surface area contributed by atoms with E-state index in [1.54, 1.807) is 11.3 Å². The lowest BCUT2D eigenvalue weighted by Gasteiger charge is -2.24. The van der Waals surface area contributed by atoms with E-state index in [-0.39, 0.29) is 11.9 Å². The molecule has 0 spiro atoms. The van der Waals surface area contributed by atoms with Gasteiger partial charge in [0.05, 0.1) is 4.88 Å². The Bertz CT molecular complexity index is 705. The van der Waals surface area contributed by atoms with E-state index in [9.17, 15) is 4.79 Å². The van der Waals surface area contributed by atoms with Gasteiger partial charge < -0.3 is 4.90 Å². The summed E-state index contributed by atoms with van der Waals surface area (Å²) in [6, 6.07) is 10.6. The van der Waals surface area contributed by atoms with E-state index < -0.39 is 0 Å². The van der Waals surface area contributed by atoms with Crippen molar-refractivity contribution < 1.29 is 4.79 Å². The molecule has 1 aliphatic carbocycles. The van der Waals surface area contributed by atoms with Crippen LogP contribution in [0.2, 0.25) is 0 Å². The van der Waals surface area contributed by atoms with Crippen LogP contribution in [0, 0.1) is 25.7 Å². The van der Waals surface area contributed by atoms with E-state index in [2.05, 4.69) is 38.1 Å². The number of carbonyl (C=O) groups excluding carboxylic acids is 1. The minimum absolute atomic E-state index is 0.161. The maximum atomic E-state index is 12.9. The predicted octanol–water partition coefficient (Wildman–Crippen LogP) is 4.02. The highest BCUT2D eigenvalue weighted by molar-refractivity contribution is 7.12. The van der Waals surface area contributed by atoms with E-state index in [1.165, 1.54) is 12.0 Å². The second kappa shape index (κ2) is 4.70. The molecule has 107 valence electrons. The first kappa shape index (κ1) is 13.1. The van der Waals surface area contributed by atoms with Crippen LogP contribution in [0.25, 0.3) is 11.1 Å². The molecule has 2 aliphatic rings. The lowest BCUT2D eigenvalue weighted by molar-refractivity contribution is 0.0742. The van der Waals surface area contributed by atoms with Crippen LogP contribution >= 0.6 is 11.3 Å². The molecule has 2 fully saturated rings. The third kappa shape index (κ3) is 2.11. The fourth-order valence-corrected chi connectivity index (χ4v) is 4.32. The van der Waals surface area contributed by atoms with Crippen molar-refractivity contribution >= 4 is 17.2 Å². The number of nitrogens with zero attached hydrogens (tertiary/aromatic N) is 1. The Morgan fingerprint density at radius 3 is 2.95 bits per heavy atom. The van der Waals surface area contributed by atoms with Gasteiger partial charge in [-0.3, -0.25) is 4.79 Å². The molecular formula is C18H18NOS. The number of hydrogen-bond acceptors (Lipinski definition) is 2. The van der Waals surface area contributed by atoms with Crippen LogP contribution in [-0.4, -0.2) is 23.4 Å². The van der Waals surface area contributed by atoms with Crippen molar-refractivity contribution in [3.05, 3.63) is 53.1 Å². The molecule has 1 saturated carbocycles. The molecule has 21 heavy (non-hydrogen) atoms. The molecule has 1 aromatic carbocycles. The Balaban J connectivity index is 1.67. The monoisotopic (exact) mass is 296 g/mol. The van der Waals surface area contributed by atoms with Crippen molar-refractivity contribution in [3.63, 3.8) is 0 Å². The highest BCUT2D eigenvalue weighted by Gasteiger charge is 2.52. The lowest BCUT2D eigenvalue weighted by Crippen LogP contribution is -2.36. The first-order valence-electron chi connectivity index (χ1n) is 7.44. The summed E-state index contributed by atoms with van der Waals surface area (Å²) in [7, 11) is 0. The van der Waals surface area contributed by atoms with Gasteiger partial charge in [-0.15, -0.1) is 11.3 Å². The van der Waals surface area contributed by atoms with Gasteiger partial charge in [-0.2, -0.15) is 0 Å². The Hall–Kier alpha value is -1.61. The summed E-state index contributed by atoms with van der Waals surface area (Å²) in [5.41, 5.74) is 3.40. The average molecular weight is 296 g/mol. The van der Waals surface area contributed by atoms with E-state index >= 15 is 0 Å². The van der Waals surface area contributed by atoms with Crippen molar-refractivity contribution in [1.29, 1.82) is 0 Å². The molecule has 1 aromatic heterocycles. The summed E-state index contributed by atoms with van der Waals surface area (Å²) in [6.45, 7) is 7.17. The molecule has 4 rings (SSSR count). The van der Waals surface area contributed by atoms with Crippen LogP contribution in [0.5, 0.6) is 0 Å². The molecular weight excluding hydrogens is 278 g/mol. The quantitative estimate of drug-likeness (QED) is 0.819. The van der Waals surface area contributed by atoms with Crippen LogP contribution in [-0.2, 0) is 0 Å². The van der Waals surface area contributed by atoms with Gasteiger partial charge in [-0.05, 0) is 49.1 Å². The smallest absolute Gasteiger partial charge is 0.264 e. The summed E-state index contributed by atoms with van der Waals surface area (Å²) in [5, 5.41) is 2.01. The number of hydrogen-bond donors (Lipinski definition) is 0. The Labute approximate surface area is 129 Å². The second-order valence-electron chi connectivity index (χ2n) is 6.22. The number of amides is 1. The van der Waals surface area contributed by atoms with Gasteiger partial charge in [-0.25, -0.2) is 0 Å². The zero-order valence-electron chi connectivity index (χ0n) is 12.1. The number of benzene rings is 1. The third-order valence-corrected chi connectivity index (χ3v) is 5.65. The maximum absolute atomic E-state index is 12.9. The van der Waals surface area contributed by atoms with Gasteiger partial charge in [-0.1, -0.05) is 29.8 Å². The summed E-state index contributed by atoms with van der Waals surface area (Å²) >= 11 is 1.54. The molecule has 3 heteroatoms. The standard InChI is InChI=1S/C18H18NOS/c1-11-4-3-5-13(8-11)15-6-7-21-17(15)18(20)19-10-14-9-16(14)12(19)2/h3-8,12,14,16H,2,9-10H2,1H3/t12-,14-,16+/m0/s1. The van der Waals surface area contributed by atoms with E-state index in [1.807, 2.05) is 16.3 Å². The molecule has 1 radical (unpaired) electrons. The first-order valence-corrected chi connectivity index (χ1v) is 8.31. The first-order chi connectivity index (χ1) is 10.1. The van der Waals surface area contributed by atoms with Crippen molar-refractivity contribution in [2.45, 2.75) is 19.4 Å². The Kier molecular flexibility index (Phi) is 2.93. The molecule has 1 amide bonds. The van der Waals surface area contributed by atoms with Gasteiger partial charge in [0.2, 0.25) is 0 Å². The SMILES string of the molecule is [CH2][C@H]1[C@H]2C[C@H]2CN1C(=O)c1sccc1-c1cccc(C)c1. The topological polar surface area (TPSA) is 20.3 Å². The van der Waals surface area contributed by atoms with Crippen molar-refractivity contribution in [2.75, 3.05) is 6.54 Å². The number of likely N-dealkylation sites (tertiary alicyclic amines) is 1. The highest BCUT2D eigenvalue weighted by Crippen LogP contribution is 2.49. The largest absolute Gasteiger partial charge is 0.334 e. The van der Waals surface area contributed by atoms with Crippen LogP contribution in [0.4, 0.5) is 0 Å². The van der Waals surface area contributed by atoms with Gasteiger partial charge in [0.25, 0.3) is 5.91 Å². The van der Waals surface area contributed by atoms with E-state index in [0.29, 0.717) is 11.8 Å². The number of rotatable bonds is 2. The van der Waals surface area contributed by atoms with Gasteiger partial charge in [0.15, 0.2) is 0 Å². The normalized spacial score (nSPS) is 26.8. The Morgan fingerprint density at radius 2 is 2.24 bits per heavy atom. The number of carbonyl (C=O) groups is 1. The van der Waals surface area contributed by atoms with Gasteiger partial charge in [0, 0.05) is 18.2 Å². The number of thiophene rings is 1. The molecule has 0 bridgehead atoms. The summed E-state index contributed by atoms with van der Waals surface area (Å²) in [4.78, 5) is 15.7. The zero-order valence-corrected chi connectivity index (χ0v) is 12.9. The molecule has 1 aliphatic heterocycles. The number of fused-ring (bicyclic) bond motifs is 1. The molecule has 2 nitrogen and oxygen atoms in total. The maximum Gasteiger partial charge on any atom is 0.264 e. The van der Waals surface area contributed by atoms with Crippen LogP contribution in [0.15, 0.2) is 35.7 Å². The van der Waals surface area contributed by atoms with Gasteiger partial charge >= 0.3 is 0 Å². The second-order valence-corrected chi connectivity index (χ2v) is 7.13. The molecule has 0 N–H and O–H groups in total. The minimum atomic E-state index is 0.161. The van der Waals surface area contributed by atoms with Crippen LogP contribution < -0.4 is 0 Å². The van der Waals surface area contributed by atoms with Gasteiger partial charge in [0.1, 0.15) is 0 Å². The summed E-state index contributed by atoms with van der Waals surface area (Å²) in [5.74, 6) is 1.52. The molecule has 0 unspecified atom stereocenters. The predicted molar refractivity (Wildman–Crippen MR) is 86.3 cm³/mol. The summed E-state index contributed by atoms with van der Waals surface area (Å²) in [6.07, 6.45) is 1.26. The molecule has 3 atom stereocenters. The van der Waals surface area contributed by atoms with Crippen LogP contribution in [0.3, 0.4) is 0 Å². The minimum Gasteiger partial charge on any atom is -0.334 e. The van der Waals surface area contributed by atoms with Crippen molar-refractivity contribution in [2.24, 2.45) is 11.8 Å². The zero-order chi connectivity index (χ0) is 14.6. The van der Waals surface area contributed by atoms with Crippen molar-refractivity contribution in [3.8, 4) is 11.1 Å². The summed E-state index contributed by atoms with van der Waals surface area (Å²) < 4.78 is 0. The Morgan fingerprint density at radius 1 is 1.38 bits per heavy atom. The lowest BCUT2D eigenvalue weighted by atomic mass is 10.0. The van der Waals surface area contributed by atoms with E-state index in [4.69, 9.17) is 0 Å². The highest BCUT2D eigenvalue weighted by atomic mass is 32.1. The van der Waals surface area contributed by atoms with E-state index in [0.717, 1.165) is 22.5 Å².